The largest absolute Gasteiger partial charge is 1.00 e. The first-order valence-corrected chi connectivity index (χ1v) is 35.6. The number of likely N-dealkylation sites (N-methyl/N-ethyl adjacent to an activating group) is 1. The zero-order valence-corrected chi connectivity index (χ0v) is 66.0. The number of nitrogens with one attached hydrogen (secondary N) is 2. The summed E-state index contributed by atoms with van der Waals surface area (Å²) in [5.74, 6) is -2.55. The van der Waals surface area contributed by atoms with Gasteiger partial charge >= 0.3 is 59.2 Å². The van der Waals surface area contributed by atoms with Crippen molar-refractivity contribution in [2.75, 3.05) is 46.3 Å². The molecule has 6 atom stereocenters. The predicted molar refractivity (Wildman–Crippen MR) is 393 cm³/mol. The van der Waals surface area contributed by atoms with Gasteiger partial charge in [0, 0.05) is 81.0 Å². The fraction of sp³-hybridized carbons (Fsp3) is 0.443. The molecule has 2 aliphatic rings. The van der Waals surface area contributed by atoms with E-state index in [2.05, 4.69) is 41.2 Å². The third-order valence-electron chi connectivity index (χ3n) is 18.2. The van der Waals surface area contributed by atoms with Crippen LogP contribution < -0.4 is 40.2 Å². The number of carbonyl (C=O) groups is 7. The number of nitrogens with zero attached hydrogens (tertiary/aromatic N) is 11. The Kier molecular flexibility index (Phi) is 32.1. The summed E-state index contributed by atoms with van der Waals surface area (Å²) in [5, 5.41) is 29.3. The van der Waals surface area contributed by atoms with Crippen molar-refractivity contribution in [3.8, 4) is 34.4 Å². The topological polar surface area (TPSA) is 333 Å². The first-order chi connectivity index (χ1) is 50.3. The molecule has 108 heavy (non-hydrogen) atoms. The standard InChI is InChI=1S/C37H49FN6O6.C33H42FN5O4.C9H5N2O2.Na.H2O/c1-24(42(8)35(48)50-37(5,6)7)30(45)39-29(36(2,3)4)33(46)44-21-12-15-28(44)23-43(22-20-25-16-18-27(38)19-17-25)34(47)32-41-40-31(49-32)26-13-10-9-11-14-26;1-6-22(2)28(40)35-27(33(3,4)5)31(41)39-19-10-13-26(39)21-38(20-18-23-14-16-25(34)17-15-23)32(42)30-37-36-29(43-30)24-11-8-7-9-12-24;12-6-8-10-11-9(13-8)7-4-2-1-3-5-7;;/h9-11,13-14,16-19,24,28-29H,12,15,20-23H2,1-8H3,(H,39,45);7-9,11-12,14-17,22,26-27H,6,10,13,18-21H2,1-5H3,(H,35,40);1-5H;;1H2/q;;-1;+1;/p-1/t24-,28-,29+;22-,26+,27-;;;/m01.../s1. The number of benzene rings is 5. The van der Waals surface area contributed by atoms with Crippen LogP contribution >= 0.6 is 0 Å². The van der Waals surface area contributed by atoms with Gasteiger partial charge in [0.2, 0.25) is 41.3 Å². The third kappa shape index (κ3) is 24.6. The molecule has 2 aliphatic heterocycles. The third-order valence-corrected chi connectivity index (χ3v) is 18.2. The summed E-state index contributed by atoms with van der Waals surface area (Å²) in [7, 11) is 1.48. The smallest absolute Gasteiger partial charge is 0.870 e. The van der Waals surface area contributed by atoms with E-state index in [0.717, 1.165) is 23.1 Å². The molecule has 5 aromatic carbocycles. The molecule has 8 aromatic rings. The normalized spacial score (nSPS) is 15.2. The minimum Gasteiger partial charge on any atom is -0.870 e. The minimum absolute atomic E-state index is 0. The number of rotatable bonds is 24. The van der Waals surface area contributed by atoms with E-state index in [-0.39, 0.29) is 131 Å². The zero-order valence-electron chi connectivity index (χ0n) is 64.0. The molecule has 0 bridgehead atoms. The second-order valence-electron chi connectivity index (χ2n) is 29.5. The summed E-state index contributed by atoms with van der Waals surface area (Å²) in [6.07, 6.45) is 5.28. The number of hydrogen-bond donors (Lipinski definition) is 2. The van der Waals surface area contributed by atoms with E-state index in [4.69, 9.17) is 18.0 Å². The van der Waals surface area contributed by atoms with Crippen molar-refractivity contribution in [2.24, 2.45) is 16.7 Å². The molecule has 0 spiro atoms. The van der Waals surface area contributed by atoms with Gasteiger partial charge in [-0.2, -0.15) is 6.29 Å². The maximum atomic E-state index is 14.3. The van der Waals surface area contributed by atoms with Gasteiger partial charge in [-0.05, 0) is 155 Å². The fourth-order valence-electron chi connectivity index (χ4n) is 11.8. The number of amides is 7. The van der Waals surface area contributed by atoms with Crippen LogP contribution in [0.2, 0.25) is 0 Å². The van der Waals surface area contributed by atoms with Gasteiger partial charge in [-0.15, -0.1) is 30.6 Å². The van der Waals surface area contributed by atoms with Crippen molar-refractivity contribution in [1.82, 2.24) is 65.7 Å². The molecule has 0 radical (unpaired) electrons. The summed E-state index contributed by atoms with van der Waals surface area (Å²) < 4.78 is 49.1. The van der Waals surface area contributed by atoms with Crippen LogP contribution in [0.15, 0.2) is 153 Å². The maximum absolute atomic E-state index is 14.3. The van der Waals surface area contributed by atoms with E-state index < -0.39 is 58.4 Å². The summed E-state index contributed by atoms with van der Waals surface area (Å²) >= 11 is 0. The number of hydrogen-bond acceptors (Lipinski definition) is 19. The number of likely N-dealkylation sites (tertiary alicyclic amines) is 2. The average Bonchev–Trinajstić information content (AvgIpc) is 1.70. The van der Waals surface area contributed by atoms with Crippen molar-refractivity contribution in [2.45, 2.75) is 164 Å². The van der Waals surface area contributed by atoms with Crippen molar-refractivity contribution < 1.29 is 100 Å². The molecule has 2 saturated heterocycles. The van der Waals surface area contributed by atoms with E-state index in [1.165, 1.54) is 42.5 Å². The number of ether oxygens (including phenoxy) is 1. The Hall–Kier alpha value is -9.90. The van der Waals surface area contributed by atoms with Crippen molar-refractivity contribution in [3.05, 3.63) is 180 Å². The van der Waals surface area contributed by atoms with Crippen LogP contribution in [0, 0.1) is 28.4 Å². The van der Waals surface area contributed by atoms with Crippen LogP contribution in [0.4, 0.5) is 13.6 Å². The minimum atomic E-state index is -0.919. The second-order valence-corrected chi connectivity index (χ2v) is 29.5. The van der Waals surface area contributed by atoms with Crippen LogP contribution in [-0.2, 0) is 41.6 Å². The SMILES string of the molecule is CC[C@@H](C)C(=O)N[C@H](C(=O)N1CCC[C@H]1CN(CCc1ccc(F)cc1)C(=O)c1nnc(-c2ccccc2)o1)C(C)(C)C.C[C@@H](C(=O)N[C@H](C(=O)N1CCC[C@H]1CN(CCc1ccc(F)cc1)C(=O)c1nnc(-c2ccccc2)o1)C(C)(C)C)N(C)C(=O)OC(C)(C)C.O=[C-]c1nnc(-c2ccccc2)o1.[Na+].[OH-]. The Labute approximate surface area is 651 Å². The van der Waals surface area contributed by atoms with E-state index in [1.54, 1.807) is 83.7 Å². The van der Waals surface area contributed by atoms with Gasteiger partial charge in [0.1, 0.15) is 41.3 Å². The molecular formula is C79H97F2N13NaO13-. The molecule has 26 nitrogen and oxygen atoms in total. The predicted octanol–water partition coefficient (Wildman–Crippen LogP) is 8.49. The van der Waals surface area contributed by atoms with Crippen LogP contribution in [0.5, 0.6) is 0 Å². The Morgan fingerprint density at radius 2 is 0.926 bits per heavy atom. The molecule has 0 aliphatic carbocycles. The van der Waals surface area contributed by atoms with Gasteiger partial charge in [-0.3, -0.25) is 33.7 Å². The van der Waals surface area contributed by atoms with Crippen molar-refractivity contribution in [1.29, 1.82) is 0 Å². The zero-order chi connectivity index (χ0) is 77.0. The van der Waals surface area contributed by atoms with Gasteiger partial charge in [0.05, 0.1) is 0 Å². The molecule has 3 N–H and O–H groups in total. The Morgan fingerprint density at radius 3 is 1.28 bits per heavy atom. The molecule has 3 aromatic heterocycles. The average molecular weight is 1500 g/mol. The fourth-order valence-corrected chi connectivity index (χ4v) is 11.8. The van der Waals surface area contributed by atoms with E-state index in [0.29, 0.717) is 75.2 Å². The number of carbonyl (C=O) groups excluding carboxylic acids is 8. The maximum Gasteiger partial charge on any atom is 1.00 e. The van der Waals surface area contributed by atoms with Crippen molar-refractivity contribution >= 4 is 47.8 Å². The molecular weight excluding hydrogens is 1400 g/mol. The molecule has 10 rings (SSSR count). The van der Waals surface area contributed by atoms with E-state index in [9.17, 15) is 47.1 Å². The Bertz CT molecular complexity index is 4220. The summed E-state index contributed by atoms with van der Waals surface area (Å²) in [5.41, 5.74) is 1.94. The van der Waals surface area contributed by atoms with Gasteiger partial charge in [0.15, 0.2) is 0 Å². The molecule has 2 fully saturated rings. The molecule has 572 valence electrons. The Balaban J connectivity index is 0.000000286. The van der Waals surface area contributed by atoms with Crippen LogP contribution in [0.25, 0.3) is 34.4 Å². The monoisotopic (exact) mass is 1500 g/mol. The summed E-state index contributed by atoms with van der Waals surface area (Å²) in [6.45, 7) is 24.0. The number of halogens is 2. The molecule has 7 amide bonds. The van der Waals surface area contributed by atoms with Crippen LogP contribution in [0.1, 0.15) is 154 Å². The van der Waals surface area contributed by atoms with Gasteiger partial charge in [-0.25, -0.2) is 13.6 Å². The van der Waals surface area contributed by atoms with Crippen LogP contribution in [-0.4, -0.2) is 191 Å². The second kappa shape index (κ2) is 39.8. The van der Waals surface area contributed by atoms with Gasteiger partial charge in [-0.1, -0.05) is 134 Å². The molecule has 0 unspecified atom stereocenters. The quantitative estimate of drug-likeness (QED) is 0.0423. The molecule has 29 heteroatoms. The Morgan fingerprint density at radius 1 is 0.556 bits per heavy atom. The summed E-state index contributed by atoms with van der Waals surface area (Å²) in [4.78, 5) is 113. The first-order valence-electron chi connectivity index (χ1n) is 35.6. The van der Waals surface area contributed by atoms with Gasteiger partial charge < -0.3 is 58.5 Å². The van der Waals surface area contributed by atoms with Crippen molar-refractivity contribution in [3.63, 3.8) is 0 Å². The van der Waals surface area contributed by atoms with Gasteiger partial charge in [0.25, 0.3) is 0 Å². The molecule has 5 heterocycles. The van der Waals surface area contributed by atoms with E-state index in [1.807, 2.05) is 134 Å². The number of aromatic nitrogens is 6. The summed E-state index contributed by atoms with van der Waals surface area (Å²) in [6, 6.07) is 36.6. The first kappa shape index (κ1) is 87.0. The van der Waals surface area contributed by atoms with E-state index >= 15 is 0 Å². The molecule has 0 saturated carbocycles. The van der Waals surface area contributed by atoms with Crippen LogP contribution in [0.3, 0.4) is 0 Å².